The molecule has 2 fully saturated rings. The highest BCUT2D eigenvalue weighted by Crippen LogP contribution is 2.23. The summed E-state index contributed by atoms with van der Waals surface area (Å²) >= 11 is 0. The molecule has 2 amide bonds. The molecule has 2 N–H and O–H groups in total. The zero-order chi connectivity index (χ0) is 20.1. The number of hydrogen-bond acceptors (Lipinski definition) is 4. The summed E-state index contributed by atoms with van der Waals surface area (Å²) in [7, 11) is 0. The number of nitrogens with one attached hydrogen (secondary N) is 2. The van der Waals surface area contributed by atoms with Crippen LogP contribution in [0.4, 0.5) is 0 Å². The average Bonchev–Trinajstić information content (AvgIpc) is 3.26. The molecule has 0 bridgehead atoms. The largest absolute Gasteiger partial charge is 0.346 e. The minimum atomic E-state index is -0.168. The predicted molar refractivity (Wildman–Crippen MR) is 108 cm³/mol. The van der Waals surface area contributed by atoms with Crippen LogP contribution in [0.3, 0.4) is 0 Å². The Hall–Kier alpha value is -2.21. The molecule has 0 aliphatic carbocycles. The Bertz CT molecular complexity index is 700. The van der Waals surface area contributed by atoms with Crippen LogP contribution in [0, 0.1) is 5.92 Å². The van der Waals surface area contributed by atoms with Crippen molar-refractivity contribution < 1.29 is 14.4 Å². The van der Waals surface area contributed by atoms with Crippen molar-refractivity contribution in [2.45, 2.75) is 51.5 Å². The van der Waals surface area contributed by atoms with E-state index < -0.39 is 0 Å². The first kappa shape index (κ1) is 20.5. The van der Waals surface area contributed by atoms with E-state index in [9.17, 15) is 14.4 Å². The maximum absolute atomic E-state index is 12.8. The van der Waals surface area contributed by atoms with Crippen LogP contribution < -0.4 is 10.6 Å². The number of ketones is 1. The highest BCUT2D eigenvalue weighted by atomic mass is 16.2. The summed E-state index contributed by atoms with van der Waals surface area (Å²) < 4.78 is 0. The standard InChI is InChI=1S/C22H31N3O3/c1-15(2)16-5-7-17(8-6-16)21(27)18-9-12-25(13-10-18)20(26)14-24-22(28)19-4-3-11-23-19/h5-8,15,18-19,23H,3-4,9-14H2,1-2H3,(H,24,28). The monoisotopic (exact) mass is 385 g/mol. The Kier molecular flexibility index (Phi) is 6.83. The van der Waals surface area contributed by atoms with Crippen molar-refractivity contribution in [3.05, 3.63) is 35.4 Å². The highest BCUT2D eigenvalue weighted by Gasteiger charge is 2.29. The molecule has 0 aromatic heterocycles. The van der Waals surface area contributed by atoms with E-state index >= 15 is 0 Å². The van der Waals surface area contributed by atoms with Crippen LogP contribution in [-0.2, 0) is 9.59 Å². The maximum atomic E-state index is 12.8. The molecular weight excluding hydrogens is 354 g/mol. The molecule has 2 saturated heterocycles. The number of benzene rings is 1. The van der Waals surface area contributed by atoms with Crippen molar-refractivity contribution in [2.75, 3.05) is 26.2 Å². The molecule has 0 radical (unpaired) electrons. The number of hydrogen-bond donors (Lipinski definition) is 2. The van der Waals surface area contributed by atoms with E-state index in [1.165, 1.54) is 5.56 Å². The van der Waals surface area contributed by atoms with Gasteiger partial charge in [0, 0.05) is 24.6 Å². The number of likely N-dealkylation sites (tertiary alicyclic amines) is 1. The Balaban J connectivity index is 1.44. The van der Waals surface area contributed by atoms with Gasteiger partial charge < -0.3 is 15.5 Å². The summed E-state index contributed by atoms with van der Waals surface area (Å²) in [6, 6.07) is 7.72. The van der Waals surface area contributed by atoms with Crippen molar-refractivity contribution in [2.24, 2.45) is 5.92 Å². The third-order valence-corrected chi connectivity index (χ3v) is 5.87. The zero-order valence-corrected chi connectivity index (χ0v) is 16.9. The second kappa shape index (κ2) is 9.32. The Morgan fingerprint density at radius 1 is 1.11 bits per heavy atom. The number of piperidine rings is 1. The van der Waals surface area contributed by atoms with Crippen LogP contribution in [0.1, 0.15) is 61.4 Å². The van der Waals surface area contributed by atoms with Gasteiger partial charge in [-0.15, -0.1) is 0 Å². The number of carbonyl (C=O) groups is 3. The molecule has 3 rings (SSSR count). The van der Waals surface area contributed by atoms with Crippen molar-refractivity contribution in [1.29, 1.82) is 0 Å². The third kappa shape index (κ3) is 4.98. The zero-order valence-electron chi connectivity index (χ0n) is 16.9. The minimum Gasteiger partial charge on any atom is -0.346 e. The first-order chi connectivity index (χ1) is 13.5. The minimum absolute atomic E-state index is 0.0340. The number of rotatable bonds is 6. The van der Waals surface area contributed by atoms with Gasteiger partial charge >= 0.3 is 0 Å². The van der Waals surface area contributed by atoms with Gasteiger partial charge in [0.1, 0.15) is 0 Å². The van der Waals surface area contributed by atoms with Crippen molar-refractivity contribution in [3.8, 4) is 0 Å². The van der Waals surface area contributed by atoms with Crippen molar-refractivity contribution in [1.82, 2.24) is 15.5 Å². The van der Waals surface area contributed by atoms with Crippen molar-refractivity contribution >= 4 is 17.6 Å². The van der Waals surface area contributed by atoms with Gasteiger partial charge in [0.15, 0.2) is 5.78 Å². The molecule has 1 aromatic rings. The van der Waals surface area contributed by atoms with Gasteiger partial charge in [-0.05, 0) is 43.7 Å². The summed E-state index contributed by atoms with van der Waals surface area (Å²) in [4.78, 5) is 38.9. The normalized spacial score (nSPS) is 20.4. The molecule has 2 aliphatic heterocycles. The molecule has 1 atom stereocenters. The quantitative estimate of drug-likeness (QED) is 0.735. The molecule has 1 unspecified atom stereocenters. The van der Waals surface area contributed by atoms with Gasteiger partial charge in [-0.3, -0.25) is 14.4 Å². The Morgan fingerprint density at radius 2 is 1.79 bits per heavy atom. The van der Waals surface area contributed by atoms with Gasteiger partial charge in [0.05, 0.1) is 12.6 Å². The lowest BCUT2D eigenvalue weighted by Crippen LogP contribution is -2.48. The predicted octanol–water partition coefficient (Wildman–Crippen LogP) is 2.10. The fourth-order valence-electron chi connectivity index (χ4n) is 3.97. The number of Topliss-reactive ketones (excluding diaryl/α,β-unsaturated/α-hetero) is 1. The molecular formula is C22H31N3O3. The molecule has 28 heavy (non-hydrogen) atoms. The third-order valence-electron chi connectivity index (χ3n) is 5.87. The van der Waals surface area contributed by atoms with E-state index in [1.807, 2.05) is 24.3 Å². The molecule has 1 aromatic carbocycles. The lowest BCUT2D eigenvalue weighted by Gasteiger charge is -2.31. The fraction of sp³-hybridized carbons (Fsp3) is 0.591. The molecule has 0 spiro atoms. The van der Waals surface area contributed by atoms with E-state index in [0.29, 0.717) is 31.8 Å². The van der Waals surface area contributed by atoms with Crippen LogP contribution in [0.15, 0.2) is 24.3 Å². The summed E-state index contributed by atoms with van der Waals surface area (Å²) in [6.45, 7) is 6.29. The highest BCUT2D eigenvalue weighted by molar-refractivity contribution is 5.98. The van der Waals surface area contributed by atoms with Gasteiger partial charge in [0.2, 0.25) is 11.8 Å². The Labute approximate surface area is 167 Å². The van der Waals surface area contributed by atoms with E-state index in [1.54, 1.807) is 4.90 Å². The fourth-order valence-corrected chi connectivity index (χ4v) is 3.97. The first-order valence-corrected chi connectivity index (χ1v) is 10.4. The molecule has 6 heteroatoms. The van der Waals surface area contributed by atoms with E-state index in [-0.39, 0.29) is 36.1 Å². The number of nitrogens with zero attached hydrogens (tertiary/aromatic N) is 1. The maximum Gasteiger partial charge on any atom is 0.241 e. The smallest absolute Gasteiger partial charge is 0.241 e. The average molecular weight is 386 g/mol. The lowest BCUT2D eigenvalue weighted by atomic mass is 9.88. The molecule has 2 heterocycles. The van der Waals surface area contributed by atoms with Crippen molar-refractivity contribution in [3.63, 3.8) is 0 Å². The van der Waals surface area contributed by atoms with E-state index in [2.05, 4.69) is 24.5 Å². The molecule has 0 saturated carbocycles. The summed E-state index contributed by atoms with van der Waals surface area (Å²) in [5.41, 5.74) is 1.98. The SMILES string of the molecule is CC(C)c1ccc(C(=O)C2CCN(C(=O)CNC(=O)C3CCCN3)CC2)cc1. The van der Waals surface area contributed by atoms with E-state index in [4.69, 9.17) is 0 Å². The molecule has 2 aliphatic rings. The van der Waals surface area contributed by atoms with Crippen LogP contribution >= 0.6 is 0 Å². The van der Waals surface area contributed by atoms with Gasteiger partial charge in [-0.2, -0.15) is 0 Å². The Morgan fingerprint density at radius 3 is 2.36 bits per heavy atom. The number of amides is 2. The summed E-state index contributed by atoms with van der Waals surface area (Å²) in [6.07, 6.45) is 3.17. The lowest BCUT2D eigenvalue weighted by molar-refractivity contribution is -0.134. The first-order valence-electron chi connectivity index (χ1n) is 10.4. The van der Waals surface area contributed by atoms with Crippen LogP contribution in [0.25, 0.3) is 0 Å². The van der Waals surface area contributed by atoms with Gasteiger partial charge in [-0.25, -0.2) is 0 Å². The van der Waals surface area contributed by atoms with Crippen LogP contribution in [0.5, 0.6) is 0 Å². The molecule has 152 valence electrons. The molecule has 6 nitrogen and oxygen atoms in total. The van der Waals surface area contributed by atoms with Gasteiger partial charge in [-0.1, -0.05) is 38.1 Å². The second-order valence-corrected chi connectivity index (χ2v) is 8.16. The number of carbonyl (C=O) groups excluding carboxylic acids is 3. The van der Waals surface area contributed by atoms with E-state index in [0.717, 1.165) is 24.9 Å². The summed E-state index contributed by atoms with van der Waals surface area (Å²) in [5, 5.41) is 5.86. The van der Waals surface area contributed by atoms with Gasteiger partial charge in [0.25, 0.3) is 0 Å². The topological polar surface area (TPSA) is 78.5 Å². The second-order valence-electron chi connectivity index (χ2n) is 8.16. The summed E-state index contributed by atoms with van der Waals surface area (Å²) in [5.74, 6) is 0.414. The van der Waals surface area contributed by atoms with Crippen LogP contribution in [0.2, 0.25) is 0 Å². The van der Waals surface area contributed by atoms with Crippen LogP contribution in [-0.4, -0.2) is 54.7 Å².